The molecule has 0 aromatic rings. The van der Waals surface area contributed by atoms with Gasteiger partial charge in [-0.2, -0.15) is 0 Å². The van der Waals surface area contributed by atoms with Crippen LogP contribution in [-0.2, 0) is 65.4 Å². The zero-order valence-electron chi connectivity index (χ0n) is 59.9. The molecule has 0 bridgehead atoms. The Morgan fingerprint density at radius 3 is 0.826 bits per heavy atom. The van der Waals surface area contributed by atoms with E-state index < -0.39 is 97.5 Å². The second kappa shape index (κ2) is 65.0. The fourth-order valence-corrected chi connectivity index (χ4v) is 12.7. The van der Waals surface area contributed by atoms with Crippen molar-refractivity contribution in [1.82, 2.24) is 0 Å². The number of hydrogen-bond donors (Lipinski definition) is 3. The van der Waals surface area contributed by atoms with Crippen LogP contribution in [0.5, 0.6) is 0 Å². The summed E-state index contributed by atoms with van der Waals surface area (Å²) >= 11 is 0. The maximum Gasteiger partial charge on any atom is 0.472 e. The predicted octanol–water partition coefficient (Wildman–Crippen LogP) is 21.2. The minimum Gasteiger partial charge on any atom is -0.462 e. The van der Waals surface area contributed by atoms with Gasteiger partial charge in [0, 0.05) is 25.7 Å². The van der Waals surface area contributed by atoms with Crippen LogP contribution >= 0.6 is 15.6 Å². The van der Waals surface area contributed by atoms with Crippen molar-refractivity contribution in [2.24, 2.45) is 11.8 Å². The fourth-order valence-electron chi connectivity index (χ4n) is 11.1. The summed E-state index contributed by atoms with van der Waals surface area (Å²) in [5.41, 5.74) is 0. The van der Waals surface area contributed by atoms with Gasteiger partial charge in [0.15, 0.2) is 12.2 Å². The van der Waals surface area contributed by atoms with Crippen molar-refractivity contribution in [1.29, 1.82) is 0 Å². The molecule has 0 fully saturated rings. The van der Waals surface area contributed by atoms with Crippen molar-refractivity contribution in [3.63, 3.8) is 0 Å². The van der Waals surface area contributed by atoms with Gasteiger partial charge in [0.2, 0.25) is 0 Å². The van der Waals surface area contributed by atoms with Crippen LogP contribution < -0.4 is 0 Å². The Bertz CT molecular complexity index is 1790. The van der Waals surface area contributed by atoms with Crippen LogP contribution in [0.1, 0.15) is 375 Å². The van der Waals surface area contributed by atoms with Gasteiger partial charge in [-0.25, -0.2) is 9.13 Å². The fraction of sp³-hybridized carbons (Fsp3) is 0.945. The van der Waals surface area contributed by atoms with E-state index in [1.807, 2.05) is 0 Å². The van der Waals surface area contributed by atoms with E-state index in [4.69, 9.17) is 37.0 Å². The molecule has 0 aliphatic carbocycles. The summed E-state index contributed by atoms with van der Waals surface area (Å²) in [6.45, 7) is 9.58. The third-order valence-electron chi connectivity index (χ3n) is 17.3. The number of hydrogen-bond acceptors (Lipinski definition) is 15. The first kappa shape index (κ1) is 90.1. The van der Waals surface area contributed by atoms with Crippen LogP contribution in [0.25, 0.3) is 0 Å². The van der Waals surface area contributed by atoms with Gasteiger partial charge >= 0.3 is 39.5 Å². The number of rotatable bonds is 72. The monoisotopic (exact) mass is 1350 g/mol. The van der Waals surface area contributed by atoms with Gasteiger partial charge in [-0.15, -0.1) is 0 Å². The highest BCUT2D eigenvalue weighted by Crippen LogP contribution is 2.45. The van der Waals surface area contributed by atoms with Gasteiger partial charge in [-0.3, -0.25) is 37.3 Å². The van der Waals surface area contributed by atoms with Gasteiger partial charge in [0.25, 0.3) is 0 Å². The van der Waals surface area contributed by atoms with Crippen molar-refractivity contribution < 1.29 is 80.2 Å². The Labute approximate surface area is 562 Å². The summed E-state index contributed by atoms with van der Waals surface area (Å²) in [5.74, 6) is -0.496. The van der Waals surface area contributed by atoms with Gasteiger partial charge in [0.1, 0.15) is 19.3 Å². The standard InChI is InChI=1S/C73H142O17P2/c1-7-10-12-14-16-17-32-39-45-51-57-72(77)89-68(61-83-70(75)55-49-43-35-15-13-11-8-2)63-87-91(79,80)85-59-67(74)60-86-92(81,82)88-64-69(62-84-71(76)56-50-44-38-33-29-28-30-36-41-47-53-65(4)5)90-73(78)58-52-46-40-34-27-25-23-21-19-18-20-22-24-26-31-37-42-48-54-66(6)9-3/h65-69,74H,7-64H2,1-6H3,(H,79,80)(H,81,82)/t66?,67-,68+,69+/m0/s1. The summed E-state index contributed by atoms with van der Waals surface area (Å²) in [7, 11) is -9.90. The van der Waals surface area contributed by atoms with E-state index >= 15 is 0 Å². The highest BCUT2D eigenvalue weighted by atomic mass is 31.2. The van der Waals surface area contributed by atoms with E-state index in [0.717, 1.165) is 115 Å². The number of esters is 4. The van der Waals surface area contributed by atoms with Gasteiger partial charge < -0.3 is 33.8 Å². The normalized spacial score (nSPS) is 14.4. The van der Waals surface area contributed by atoms with E-state index in [1.165, 1.54) is 180 Å². The van der Waals surface area contributed by atoms with Crippen LogP contribution in [0.15, 0.2) is 0 Å². The van der Waals surface area contributed by atoms with Crippen LogP contribution in [0.3, 0.4) is 0 Å². The molecule has 0 aromatic heterocycles. The Morgan fingerprint density at radius 1 is 0.315 bits per heavy atom. The smallest absolute Gasteiger partial charge is 0.462 e. The van der Waals surface area contributed by atoms with E-state index in [0.29, 0.717) is 25.7 Å². The molecule has 19 heteroatoms. The van der Waals surface area contributed by atoms with E-state index in [2.05, 4.69) is 41.5 Å². The van der Waals surface area contributed by atoms with Crippen molar-refractivity contribution in [2.75, 3.05) is 39.6 Å². The molecule has 0 amide bonds. The number of phosphoric ester groups is 2. The number of carbonyl (C=O) groups excluding carboxylic acids is 4. The number of phosphoric acid groups is 2. The largest absolute Gasteiger partial charge is 0.472 e. The molecular weight excluding hydrogens is 1210 g/mol. The summed E-state index contributed by atoms with van der Waals surface area (Å²) in [6.07, 6.45) is 51.5. The van der Waals surface area contributed by atoms with E-state index in [-0.39, 0.29) is 25.7 Å². The Morgan fingerprint density at radius 2 is 0.554 bits per heavy atom. The van der Waals surface area contributed by atoms with Crippen molar-refractivity contribution >= 4 is 39.5 Å². The maximum atomic E-state index is 13.1. The first-order chi connectivity index (χ1) is 44.4. The van der Waals surface area contributed by atoms with Gasteiger partial charge in [-0.1, -0.05) is 324 Å². The molecule has 3 unspecified atom stereocenters. The molecule has 0 spiro atoms. The average molecular weight is 1350 g/mol. The third-order valence-corrected chi connectivity index (χ3v) is 19.2. The molecule has 0 aliphatic heterocycles. The lowest BCUT2D eigenvalue weighted by atomic mass is 9.99. The number of aliphatic hydroxyl groups is 1. The summed E-state index contributed by atoms with van der Waals surface area (Å²) in [5, 5.41) is 10.6. The van der Waals surface area contributed by atoms with Crippen LogP contribution in [0.4, 0.5) is 0 Å². The SMILES string of the molecule is CCCCCCCCCCCCC(=O)O[C@H](COC(=O)CCCCCCCCC)COP(=O)(O)OC[C@H](O)COP(=O)(O)OC[C@@H](COC(=O)CCCCCCCCCCCCC(C)C)OC(=O)CCCCCCCCCCCCCCCCCCCCC(C)CC. The van der Waals surface area contributed by atoms with Crippen molar-refractivity contribution in [3.8, 4) is 0 Å². The van der Waals surface area contributed by atoms with E-state index in [9.17, 15) is 43.2 Å². The summed E-state index contributed by atoms with van der Waals surface area (Å²) in [6, 6.07) is 0. The lowest BCUT2D eigenvalue weighted by molar-refractivity contribution is -0.161. The molecule has 0 radical (unpaired) electrons. The first-order valence-corrected chi connectivity index (χ1v) is 41.0. The number of ether oxygens (including phenoxy) is 4. The molecule has 92 heavy (non-hydrogen) atoms. The highest BCUT2D eigenvalue weighted by molar-refractivity contribution is 7.47. The Kier molecular flexibility index (Phi) is 63.7. The minimum absolute atomic E-state index is 0.106. The molecule has 0 rings (SSSR count). The zero-order chi connectivity index (χ0) is 67.9. The molecule has 6 atom stereocenters. The topological polar surface area (TPSA) is 237 Å². The van der Waals surface area contributed by atoms with E-state index in [1.54, 1.807) is 0 Å². The van der Waals surface area contributed by atoms with Crippen LogP contribution in [-0.4, -0.2) is 96.7 Å². The van der Waals surface area contributed by atoms with Crippen molar-refractivity contribution in [2.45, 2.75) is 394 Å². The molecule has 17 nitrogen and oxygen atoms in total. The average Bonchev–Trinajstić information content (AvgIpc) is 2.55. The zero-order valence-corrected chi connectivity index (χ0v) is 61.6. The number of unbranched alkanes of at least 4 members (excludes halogenated alkanes) is 41. The molecular formula is C73H142O17P2. The lowest BCUT2D eigenvalue weighted by Gasteiger charge is -2.21. The second-order valence-corrected chi connectivity index (χ2v) is 30.0. The predicted molar refractivity (Wildman–Crippen MR) is 372 cm³/mol. The third kappa shape index (κ3) is 65.4. The first-order valence-electron chi connectivity index (χ1n) is 38.0. The Hall–Kier alpha value is -1.94. The number of carbonyl (C=O) groups is 4. The molecule has 546 valence electrons. The molecule has 0 saturated heterocycles. The maximum absolute atomic E-state index is 13.1. The molecule has 0 heterocycles. The van der Waals surface area contributed by atoms with Gasteiger partial charge in [0.05, 0.1) is 26.4 Å². The molecule has 3 N–H and O–H groups in total. The number of aliphatic hydroxyl groups excluding tert-OH is 1. The summed E-state index contributed by atoms with van der Waals surface area (Å²) in [4.78, 5) is 72.4. The summed E-state index contributed by atoms with van der Waals surface area (Å²) < 4.78 is 68.2. The van der Waals surface area contributed by atoms with Gasteiger partial charge in [-0.05, 0) is 37.5 Å². The lowest BCUT2D eigenvalue weighted by Crippen LogP contribution is -2.30. The molecule has 0 aliphatic rings. The minimum atomic E-state index is -4.95. The molecule has 0 aromatic carbocycles. The van der Waals surface area contributed by atoms with Crippen LogP contribution in [0, 0.1) is 11.8 Å². The van der Waals surface area contributed by atoms with Crippen LogP contribution in [0.2, 0.25) is 0 Å². The quantitative estimate of drug-likeness (QED) is 0.0222. The second-order valence-electron chi connectivity index (χ2n) is 27.1. The van der Waals surface area contributed by atoms with Crippen molar-refractivity contribution in [3.05, 3.63) is 0 Å². The Balaban J connectivity index is 5.13. The highest BCUT2D eigenvalue weighted by Gasteiger charge is 2.30. The molecule has 0 saturated carbocycles.